The van der Waals surface area contributed by atoms with Crippen LogP contribution in [0.25, 0.3) is 0 Å². The number of aromatic nitrogens is 1. The van der Waals surface area contributed by atoms with E-state index in [9.17, 15) is 13.2 Å². The molecule has 0 spiro atoms. The van der Waals surface area contributed by atoms with Gasteiger partial charge in [0.05, 0.1) is 18.4 Å². The van der Waals surface area contributed by atoms with Crippen LogP contribution in [0.5, 0.6) is 5.88 Å². The summed E-state index contributed by atoms with van der Waals surface area (Å²) in [5.74, 6) is -0.0853. The van der Waals surface area contributed by atoms with E-state index in [0.717, 1.165) is 0 Å². The quantitative estimate of drug-likeness (QED) is 0.775. The standard InChI is InChI=1S/C11H15F3N2O3/c1-17-10(18-2)6-15-8-3-4-9(16-5-8)19-7-11(12,13)14/h3-5,10,15H,6-7H2,1-2H3. The number of pyridine rings is 1. The van der Waals surface area contributed by atoms with Crippen LogP contribution in [-0.2, 0) is 9.47 Å². The molecule has 1 heterocycles. The molecule has 0 aliphatic carbocycles. The van der Waals surface area contributed by atoms with Crippen molar-refractivity contribution in [1.29, 1.82) is 0 Å². The van der Waals surface area contributed by atoms with Gasteiger partial charge < -0.3 is 19.5 Å². The second kappa shape index (κ2) is 7.15. The third-order valence-electron chi connectivity index (χ3n) is 2.12. The van der Waals surface area contributed by atoms with Crippen LogP contribution in [0.4, 0.5) is 18.9 Å². The molecule has 1 aromatic rings. The van der Waals surface area contributed by atoms with Crippen molar-refractivity contribution in [3.05, 3.63) is 18.3 Å². The topological polar surface area (TPSA) is 52.6 Å². The van der Waals surface area contributed by atoms with Gasteiger partial charge in [0.15, 0.2) is 12.9 Å². The van der Waals surface area contributed by atoms with Crippen molar-refractivity contribution < 1.29 is 27.4 Å². The highest BCUT2D eigenvalue weighted by atomic mass is 19.4. The van der Waals surface area contributed by atoms with E-state index in [1.165, 1.54) is 26.5 Å². The smallest absolute Gasteiger partial charge is 0.422 e. The minimum atomic E-state index is -4.37. The minimum absolute atomic E-state index is 0.0853. The van der Waals surface area contributed by atoms with Crippen molar-refractivity contribution in [3.63, 3.8) is 0 Å². The highest BCUT2D eigenvalue weighted by Crippen LogP contribution is 2.18. The summed E-state index contributed by atoms with van der Waals surface area (Å²) in [5.41, 5.74) is 0.624. The summed E-state index contributed by atoms with van der Waals surface area (Å²) >= 11 is 0. The van der Waals surface area contributed by atoms with Gasteiger partial charge in [-0.15, -0.1) is 0 Å². The third kappa shape index (κ3) is 6.25. The first-order chi connectivity index (χ1) is 8.94. The number of nitrogens with zero attached hydrogens (tertiary/aromatic N) is 1. The Labute approximate surface area is 108 Å². The molecule has 0 atom stereocenters. The van der Waals surface area contributed by atoms with Gasteiger partial charge in [-0.3, -0.25) is 0 Å². The molecule has 0 radical (unpaired) electrons. The van der Waals surface area contributed by atoms with Crippen molar-refractivity contribution in [2.45, 2.75) is 12.5 Å². The molecule has 0 saturated carbocycles. The van der Waals surface area contributed by atoms with Crippen LogP contribution in [0.2, 0.25) is 0 Å². The fraction of sp³-hybridized carbons (Fsp3) is 0.545. The molecule has 0 unspecified atom stereocenters. The first-order valence-electron chi connectivity index (χ1n) is 5.39. The molecular weight excluding hydrogens is 265 g/mol. The average Bonchev–Trinajstić information content (AvgIpc) is 2.38. The van der Waals surface area contributed by atoms with Gasteiger partial charge in [-0.25, -0.2) is 4.98 Å². The summed E-state index contributed by atoms with van der Waals surface area (Å²) in [6.07, 6.45) is -3.42. The first kappa shape index (κ1) is 15.5. The largest absolute Gasteiger partial charge is 0.468 e. The summed E-state index contributed by atoms with van der Waals surface area (Å²) in [6, 6.07) is 2.91. The zero-order valence-corrected chi connectivity index (χ0v) is 10.5. The molecular formula is C11H15F3N2O3. The molecule has 108 valence electrons. The predicted molar refractivity (Wildman–Crippen MR) is 62.1 cm³/mol. The molecule has 0 aromatic carbocycles. The van der Waals surface area contributed by atoms with Crippen molar-refractivity contribution in [3.8, 4) is 5.88 Å². The van der Waals surface area contributed by atoms with E-state index >= 15 is 0 Å². The molecule has 5 nitrogen and oxygen atoms in total. The van der Waals surface area contributed by atoms with Gasteiger partial charge in [0.1, 0.15) is 0 Å². The molecule has 0 saturated heterocycles. The molecule has 8 heteroatoms. The van der Waals surface area contributed by atoms with E-state index in [1.54, 1.807) is 6.07 Å². The van der Waals surface area contributed by atoms with Gasteiger partial charge in [0.2, 0.25) is 5.88 Å². The lowest BCUT2D eigenvalue weighted by Gasteiger charge is -2.15. The molecule has 0 aliphatic heterocycles. The molecule has 1 N–H and O–H groups in total. The Balaban J connectivity index is 2.43. The van der Waals surface area contributed by atoms with Crippen LogP contribution >= 0.6 is 0 Å². The number of anilines is 1. The number of alkyl halides is 3. The van der Waals surface area contributed by atoms with Gasteiger partial charge in [0.25, 0.3) is 0 Å². The normalized spacial score (nSPS) is 11.7. The molecule has 1 aromatic heterocycles. The van der Waals surface area contributed by atoms with Gasteiger partial charge in [-0.1, -0.05) is 0 Å². The fourth-order valence-electron chi connectivity index (χ4n) is 1.19. The van der Waals surface area contributed by atoms with E-state index in [4.69, 9.17) is 9.47 Å². The first-order valence-corrected chi connectivity index (χ1v) is 5.39. The highest BCUT2D eigenvalue weighted by Gasteiger charge is 2.28. The Morgan fingerprint density at radius 1 is 1.26 bits per heavy atom. The summed E-state index contributed by atoms with van der Waals surface area (Å²) < 4.78 is 50.2. The Bertz CT molecular complexity index is 366. The zero-order valence-electron chi connectivity index (χ0n) is 10.5. The molecule has 0 aliphatic rings. The average molecular weight is 280 g/mol. The van der Waals surface area contributed by atoms with Crippen LogP contribution in [0, 0.1) is 0 Å². The summed E-state index contributed by atoms with van der Waals surface area (Å²) in [7, 11) is 3.00. The van der Waals surface area contributed by atoms with E-state index in [0.29, 0.717) is 12.2 Å². The van der Waals surface area contributed by atoms with Gasteiger partial charge in [-0.2, -0.15) is 13.2 Å². The molecule has 0 bridgehead atoms. The van der Waals surface area contributed by atoms with Crippen LogP contribution in [0.15, 0.2) is 18.3 Å². The number of halogens is 3. The Hall–Kier alpha value is -1.54. The predicted octanol–water partition coefficient (Wildman–Crippen LogP) is 2.05. The second-order valence-corrected chi connectivity index (χ2v) is 3.57. The minimum Gasteiger partial charge on any atom is -0.468 e. The maximum absolute atomic E-state index is 11.9. The lowest BCUT2D eigenvalue weighted by Crippen LogP contribution is -2.23. The molecule has 0 fully saturated rings. The van der Waals surface area contributed by atoms with E-state index < -0.39 is 19.1 Å². The number of hydrogen-bond donors (Lipinski definition) is 1. The summed E-state index contributed by atoms with van der Waals surface area (Å²) in [6.45, 7) is -0.973. The third-order valence-corrected chi connectivity index (χ3v) is 2.12. The van der Waals surface area contributed by atoms with Crippen molar-refractivity contribution in [2.75, 3.05) is 32.7 Å². The summed E-state index contributed by atoms with van der Waals surface area (Å²) in [5, 5.41) is 2.96. The fourth-order valence-corrected chi connectivity index (χ4v) is 1.19. The Morgan fingerprint density at radius 3 is 2.42 bits per heavy atom. The Kier molecular flexibility index (Phi) is 5.84. The summed E-state index contributed by atoms with van der Waals surface area (Å²) in [4.78, 5) is 3.75. The van der Waals surface area contributed by atoms with Gasteiger partial charge >= 0.3 is 6.18 Å². The SMILES string of the molecule is COC(CNc1ccc(OCC(F)(F)F)nc1)OC. The maximum atomic E-state index is 11.9. The molecule has 1 rings (SSSR count). The second-order valence-electron chi connectivity index (χ2n) is 3.57. The number of hydrogen-bond acceptors (Lipinski definition) is 5. The van der Waals surface area contributed by atoms with Crippen LogP contribution in [-0.4, -0.2) is 44.8 Å². The van der Waals surface area contributed by atoms with E-state index in [2.05, 4.69) is 15.0 Å². The number of rotatable bonds is 7. The van der Waals surface area contributed by atoms with Crippen LogP contribution in [0.1, 0.15) is 0 Å². The van der Waals surface area contributed by atoms with Crippen LogP contribution in [0.3, 0.4) is 0 Å². The van der Waals surface area contributed by atoms with Crippen molar-refractivity contribution >= 4 is 5.69 Å². The van der Waals surface area contributed by atoms with Crippen LogP contribution < -0.4 is 10.1 Å². The zero-order chi connectivity index (χ0) is 14.3. The highest BCUT2D eigenvalue weighted by molar-refractivity contribution is 5.41. The number of nitrogens with one attached hydrogen (secondary N) is 1. The van der Waals surface area contributed by atoms with Crippen molar-refractivity contribution in [1.82, 2.24) is 4.98 Å². The van der Waals surface area contributed by atoms with E-state index in [-0.39, 0.29) is 5.88 Å². The lowest BCUT2D eigenvalue weighted by molar-refractivity contribution is -0.154. The van der Waals surface area contributed by atoms with Gasteiger partial charge in [-0.05, 0) is 6.07 Å². The van der Waals surface area contributed by atoms with E-state index in [1.807, 2.05) is 0 Å². The maximum Gasteiger partial charge on any atom is 0.422 e. The number of ether oxygens (including phenoxy) is 3. The lowest BCUT2D eigenvalue weighted by atomic mass is 10.4. The monoisotopic (exact) mass is 280 g/mol. The Morgan fingerprint density at radius 2 is 1.95 bits per heavy atom. The van der Waals surface area contributed by atoms with Gasteiger partial charge in [0, 0.05) is 20.3 Å². The number of methoxy groups -OCH3 is 2. The molecule has 19 heavy (non-hydrogen) atoms. The van der Waals surface area contributed by atoms with Crippen molar-refractivity contribution in [2.24, 2.45) is 0 Å². The molecule has 0 amide bonds.